The zero-order valence-corrected chi connectivity index (χ0v) is 23.6. The molecule has 0 N–H and O–H groups in total. The summed E-state index contributed by atoms with van der Waals surface area (Å²) in [5.41, 5.74) is 4.87. The summed E-state index contributed by atoms with van der Waals surface area (Å²) in [4.78, 5) is 24.8. The number of esters is 2. The molecule has 0 aliphatic carbocycles. The maximum Gasteiger partial charge on any atom is 0.338 e. The maximum absolute atomic E-state index is 12.4. The molecular formula is C34H36N2O4. The highest BCUT2D eigenvalue weighted by Crippen LogP contribution is 2.26. The molecule has 3 aromatic carbocycles. The van der Waals surface area contributed by atoms with Crippen molar-refractivity contribution in [3.05, 3.63) is 83.9 Å². The first-order chi connectivity index (χ1) is 19.2. The van der Waals surface area contributed by atoms with E-state index in [4.69, 9.17) is 9.47 Å². The van der Waals surface area contributed by atoms with Crippen molar-refractivity contribution in [2.24, 2.45) is 23.7 Å². The van der Waals surface area contributed by atoms with E-state index in [1.165, 1.54) is 0 Å². The number of nitriles is 2. The minimum atomic E-state index is -0.430. The fourth-order valence-corrected chi connectivity index (χ4v) is 4.35. The normalized spacial score (nSPS) is 12.3. The Labute approximate surface area is 237 Å². The van der Waals surface area contributed by atoms with Gasteiger partial charge in [-0.1, -0.05) is 76.2 Å². The van der Waals surface area contributed by atoms with Gasteiger partial charge in [0.2, 0.25) is 0 Å². The Hall–Kier alpha value is -4.42. The van der Waals surface area contributed by atoms with Crippen molar-refractivity contribution in [1.29, 1.82) is 10.5 Å². The van der Waals surface area contributed by atoms with Crippen LogP contribution in [-0.4, -0.2) is 25.2 Å². The number of carbonyl (C=O) groups excluding carboxylic acids is 2. The first kappa shape index (κ1) is 30.1. The molecule has 6 heteroatoms. The topological polar surface area (TPSA) is 100 Å². The SMILES string of the molecule is CC(C)C[C@H](C#N)COC(=O)c1ccc(-c2ccc(-c3ccc(C(=O)OCC[C@H](C#N)C(C)C)cc3)cc2)cc1. The molecule has 0 heterocycles. The minimum absolute atomic E-state index is 0.0972. The molecule has 206 valence electrons. The molecule has 0 radical (unpaired) electrons. The predicted molar refractivity (Wildman–Crippen MR) is 155 cm³/mol. The Balaban J connectivity index is 1.57. The summed E-state index contributed by atoms with van der Waals surface area (Å²) in [6.45, 7) is 8.36. The Morgan fingerprint density at radius 3 is 1.48 bits per heavy atom. The van der Waals surface area contributed by atoms with Crippen molar-refractivity contribution < 1.29 is 19.1 Å². The molecule has 0 bridgehead atoms. The van der Waals surface area contributed by atoms with Gasteiger partial charge >= 0.3 is 11.9 Å². The average Bonchev–Trinajstić information content (AvgIpc) is 2.97. The smallest absolute Gasteiger partial charge is 0.338 e. The third kappa shape index (κ3) is 8.55. The first-order valence-corrected chi connectivity index (χ1v) is 13.7. The summed E-state index contributed by atoms with van der Waals surface area (Å²) < 4.78 is 10.7. The molecule has 3 rings (SSSR count). The molecular weight excluding hydrogens is 500 g/mol. The lowest BCUT2D eigenvalue weighted by molar-refractivity contribution is 0.0455. The highest BCUT2D eigenvalue weighted by molar-refractivity contribution is 5.91. The number of ether oxygens (including phenoxy) is 2. The van der Waals surface area contributed by atoms with E-state index >= 15 is 0 Å². The fourth-order valence-electron chi connectivity index (χ4n) is 4.35. The molecule has 0 saturated heterocycles. The summed E-state index contributed by atoms with van der Waals surface area (Å²) >= 11 is 0. The van der Waals surface area contributed by atoms with Crippen LogP contribution in [0, 0.1) is 46.3 Å². The van der Waals surface area contributed by atoms with Crippen LogP contribution in [0.1, 0.15) is 61.3 Å². The highest BCUT2D eigenvalue weighted by Gasteiger charge is 2.16. The van der Waals surface area contributed by atoms with E-state index < -0.39 is 11.9 Å². The van der Waals surface area contributed by atoms with Crippen LogP contribution in [0.2, 0.25) is 0 Å². The van der Waals surface area contributed by atoms with Crippen LogP contribution in [0.4, 0.5) is 0 Å². The van der Waals surface area contributed by atoms with Crippen LogP contribution in [-0.2, 0) is 9.47 Å². The Kier molecular flexibility index (Phi) is 11.0. The zero-order chi connectivity index (χ0) is 29.1. The fraction of sp³-hybridized carbons (Fsp3) is 0.353. The molecule has 6 nitrogen and oxygen atoms in total. The average molecular weight is 537 g/mol. The molecule has 0 aromatic heterocycles. The second-order valence-corrected chi connectivity index (χ2v) is 10.7. The van der Waals surface area contributed by atoms with Crippen molar-refractivity contribution in [3.63, 3.8) is 0 Å². The van der Waals surface area contributed by atoms with E-state index in [0.717, 1.165) is 22.3 Å². The van der Waals surface area contributed by atoms with Gasteiger partial charge in [-0.15, -0.1) is 0 Å². The van der Waals surface area contributed by atoms with Crippen LogP contribution in [0.15, 0.2) is 72.8 Å². The van der Waals surface area contributed by atoms with E-state index in [0.29, 0.717) is 29.9 Å². The van der Waals surface area contributed by atoms with Crippen LogP contribution in [0.5, 0.6) is 0 Å². The summed E-state index contributed by atoms with van der Waals surface area (Å²) in [7, 11) is 0. The molecule has 0 spiro atoms. The number of carbonyl (C=O) groups is 2. The lowest BCUT2D eigenvalue weighted by Gasteiger charge is -2.13. The van der Waals surface area contributed by atoms with Crippen LogP contribution in [0.25, 0.3) is 22.3 Å². The molecule has 40 heavy (non-hydrogen) atoms. The summed E-state index contributed by atoms with van der Waals surface area (Å²) in [6, 6.07) is 27.0. The summed E-state index contributed by atoms with van der Waals surface area (Å²) in [6.07, 6.45) is 1.22. The van der Waals surface area contributed by atoms with E-state index in [9.17, 15) is 20.1 Å². The molecule has 0 fully saturated rings. The largest absolute Gasteiger partial charge is 0.462 e. The second-order valence-electron chi connectivity index (χ2n) is 10.7. The Morgan fingerprint density at radius 1 is 0.675 bits per heavy atom. The second kappa shape index (κ2) is 14.7. The van der Waals surface area contributed by atoms with E-state index in [1.807, 2.05) is 76.2 Å². The van der Waals surface area contributed by atoms with Gasteiger partial charge in [0.05, 0.1) is 41.7 Å². The number of hydrogen-bond donors (Lipinski definition) is 0. The van der Waals surface area contributed by atoms with Crippen LogP contribution in [0.3, 0.4) is 0 Å². The van der Waals surface area contributed by atoms with Crippen molar-refractivity contribution in [3.8, 4) is 34.4 Å². The number of rotatable bonds is 12. The molecule has 0 amide bonds. The van der Waals surface area contributed by atoms with Crippen molar-refractivity contribution in [1.82, 2.24) is 0 Å². The first-order valence-electron chi connectivity index (χ1n) is 13.7. The Morgan fingerprint density at radius 2 is 1.10 bits per heavy atom. The van der Waals surface area contributed by atoms with Gasteiger partial charge in [0.15, 0.2) is 0 Å². The van der Waals surface area contributed by atoms with Gasteiger partial charge in [-0.3, -0.25) is 0 Å². The molecule has 2 atom stereocenters. The molecule has 0 unspecified atom stereocenters. The zero-order valence-electron chi connectivity index (χ0n) is 23.6. The predicted octanol–water partition coefficient (Wildman–Crippen LogP) is 7.71. The number of benzene rings is 3. The molecule has 3 aromatic rings. The molecule has 0 saturated carbocycles. The summed E-state index contributed by atoms with van der Waals surface area (Å²) in [5, 5.41) is 18.4. The Bertz CT molecular complexity index is 1350. The van der Waals surface area contributed by atoms with Gasteiger partial charge in [-0.2, -0.15) is 10.5 Å². The van der Waals surface area contributed by atoms with E-state index in [2.05, 4.69) is 12.1 Å². The van der Waals surface area contributed by atoms with Gasteiger partial charge in [-0.05, 0) is 71.2 Å². The molecule has 0 aliphatic rings. The van der Waals surface area contributed by atoms with Crippen molar-refractivity contribution >= 4 is 11.9 Å². The van der Waals surface area contributed by atoms with Gasteiger partial charge in [-0.25, -0.2) is 9.59 Å². The van der Waals surface area contributed by atoms with Gasteiger partial charge in [0.1, 0.15) is 6.61 Å². The monoisotopic (exact) mass is 536 g/mol. The lowest BCUT2D eigenvalue weighted by Crippen LogP contribution is -2.14. The standard InChI is InChI=1S/C34H36N2O4/c1-23(2)19-25(20-35)22-40-34(38)31-15-11-29(12-16-31)27-7-5-26(6-8-27)28-9-13-30(14-10-28)33(37)39-18-17-32(21-36)24(3)4/h5-16,23-25,32H,17-19,22H2,1-4H3/t25-,32-/m1/s1. The van der Waals surface area contributed by atoms with Crippen LogP contribution < -0.4 is 0 Å². The van der Waals surface area contributed by atoms with Crippen molar-refractivity contribution in [2.45, 2.75) is 40.5 Å². The quantitative estimate of drug-likeness (QED) is 0.220. The number of hydrogen-bond acceptors (Lipinski definition) is 6. The number of nitrogens with zero attached hydrogens (tertiary/aromatic N) is 2. The third-order valence-electron chi connectivity index (χ3n) is 6.78. The van der Waals surface area contributed by atoms with E-state index in [-0.39, 0.29) is 31.0 Å². The van der Waals surface area contributed by atoms with Crippen molar-refractivity contribution in [2.75, 3.05) is 13.2 Å². The maximum atomic E-state index is 12.4. The molecule has 0 aliphatic heterocycles. The lowest BCUT2D eigenvalue weighted by atomic mass is 9.95. The summed E-state index contributed by atoms with van der Waals surface area (Å²) in [5.74, 6) is -0.669. The van der Waals surface area contributed by atoms with Gasteiger partial charge in [0, 0.05) is 0 Å². The van der Waals surface area contributed by atoms with Gasteiger partial charge in [0.25, 0.3) is 0 Å². The van der Waals surface area contributed by atoms with Crippen LogP contribution >= 0.6 is 0 Å². The third-order valence-corrected chi connectivity index (χ3v) is 6.78. The van der Waals surface area contributed by atoms with E-state index in [1.54, 1.807) is 24.3 Å². The van der Waals surface area contributed by atoms with Gasteiger partial charge < -0.3 is 9.47 Å². The minimum Gasteiger partial charge on any atom is -0.462 e. The highest BCUT2D eigenvalue weighted by atomic mass is 16.5.